The van der Waals surface area contributed by atoms with Gasteiger partial charge in [0.05, 0.1) is 14.2 Å². The van der Waals surface area contributed by atoms with E-state index < -0.39 is 101 Å². The third-order valence-corrected chi connectivity index (χ3v) is 7.82. The molecule has 1 fully saturated rings. The van der Waals surface area contributed by atoms with E-state index in [0.29, 0.717) is 0 Å². The Morgan fingerprint density at radius 1 is 0.556 bits per heavy atom. The molecule has 1 saturated carbocycles. The number of phenols is 6. The first-order valence-electron chi connectivity index (χ1n) is 15.7. The smallest absolute Gasteiger partial charge is 0.504 e. The van der Waals surface area contributed by atoms with Crippen molar-refractivity contribution in [3.05, 3.63) is 89.5 Å². The molecule has 0 bridgehead atoms. The van der Waals surface area contributed by atoms with E-state index in [1.807, 2.05) is 0 Å². The van der Waals surface area contributed by atoms with Crippen LogP contribution in [0.25, 0.3) is 18.2 Å². The van der Waals surface area contributed by atoms with Crippen LogP contribution in [0.5, 0.6) is 34.5 Å². The lowest BCUT2D eigenvalue weighted by Crippen LogP contribution is -2.61. The number of carbonyl (C=O) groups excluding carboxylic acids is 5. The van der Waals surface area contributed by atoms with E-state index in [4.69, 9.17) is 23.7 Å². The van der Waals surface area contributed by atoms with Gasteiger partial charge in [-0.2, -0.15) is 0 Å². The summed E-state index contributed by atoms with van der Waals surface area (Å²) in [6.07, 6.45) is -1.60. The normalized spacial score (nSPS) is 19.6. The van der Waals surface area contributed by atoms with Crippen LogP contribution in [-0.2, 0) is 47.6 Å². The maximum atomic E-state index is 13.3. The number of carbonyl (C=O) groups is 5. The minimum absolute atomic E-state index is 0.248. The molecule has 54 heavy (non-hydrogen) atoms. The molecule has 17 heteroatoms. The van der Waals surface area contributed by atoms with Crippen LogP contribution in [0.1, 0.15) is 29.5 Å². The van der Waals surface area contributed by atoms with Gasteiger partial charge in [-0.3, -0.25) is 0 Å². The molecule has 0 aromatic heterocycles. The number of phenolic OH excluding ortho intramolecular Hbond substituents is 6. The quantitative estimate of drug-likeness (QED) is 0.0708. The highest BCUT2D eigenvalue weighted by atomic mass is 16.7. The molecule has 2 atom stereocenters. The van der Waals surface area contributed by atoms with Crippen molar-refractivity contribution in [3.63, 3.8) is 0 Å². The Labute approximate surface area is 306 Å². The lowest BCUT2D eigenvalue weighted by Gasteiger charge is -2.43. The maximum absolute atomic E-state index is 13.3. The van der Waals surface area contributed by atoms with Crippen molar-refractivity contribution in [2.24, 2.45) is 0 Å². The second-order valence-electron chi connectivity index (χ2n) is 11.5. The highest BCUT2D eigenvalue weighted by Gasteiger charge is 2.58. The van der Waals surface area contributed by atoms with Crippen LogP contribution in [0.3, 0.4) is 0 Å². The molecule has 0 spiro atoms. The fourth-order valence-corrected chi connectivity index (χ4v) is 5.23. The predicted molar refractivity (Wildman–Crippen MR) is 184 cm³/mol. The van der Waals surface area contributed by atoms with Gasteiger partial charge >= 0.3 is 30.0 Å². The number of rotatable bonds is 11. The van der Waals surface area contributed by atoms with Crippen molar-refractivity contribution in [2.45, 2.75) is 36.8 Å². The van der Waals surface area contributed by atoms with E-state index in [-0.39, 0.29) is 16.7 Å². The third kappa shape index (κ3) is 10.2. The Hall–Kier alpha value is -7.17. The molecule has 3 aromatic rings. The predicted octanol–water partition coefficient (Wildman–Crippen LogP) is 3.58. The van der Waals surface area contributed by atoms with E-state index >= 15 is 0 Å². The minimum atomic E-state index is -2.35. The molecular weight excluding hydrogens is 716 g/mol. The number of hydrogen-bond acceptors (Lipinski definition) is 17. The second kappa shape index (κ2) is 17.4. The summed E-state index contributed by atoms with van der Waals surface area (Å²) >= 11 is 0. The SMILES string of the molecule is COC(=O)OC1(C(=O)OC)C[C@@H](OC(=O)/C=C/c2ccc(O)c(O)c2)C(OC(=O)/C=C/c2ccc(O)c(O)c2)[C@H](OC(=O)/C=C/c2ccc(O)c(O)c2)C1. The Morgan fingerprint density at radius 2 is 0.926 bits per heavy atom. The number of ether oxygens (including phenoxy) is 6. The van der Waals surface area contributed by atoms with Crippen LogP contribution < -0.4 is 0 Å². The van der Waals surface area contributed by atoms with Gasteiger partial charge in [0.25, 0.3) is 0 Å². The first kappa shape index (κ1) is 39.6. The summed E-state index contributed by atoms with van der Waals surface area (Å²) in [5, 5.41) is 58.2. The molecular formula is C37H34O17. The zero-order valence-electron chi connectivity index (χ0n) is 28.5. The number of methoxy groups -OCH3 is 2. The summed E-state index contributed by atoms with van der Waals surface area (Å²) in [4.78, 5) is 65.3. The Bertz CT molecular complexity index is 1910. The monoisotopic (exact) mass is 750 g/mol. The number of hydrogen-bond donors (Lipinski definition) is 6. The summed E-state index contributed by atoms with van der Waals surface area (Å²) in [6.45, 7) is 0. The first-order chi connectivity index (χ1) is 25.6. The van der Waals surface area contributed by atoms with Crippen molar-refractivity contribution in [1.82, 2.24) is 0 Å². The molecule has 6 N–H and O–H groups in total. The molecule has 0 saturated heterocycles. The minimum Gasteiger partial charge on any atom is -0.504 e. The van der Waals surface area contributed by atoms with Crippen molar-refractivity contribution < 1.29 is 83.0 Å². The van der Waals surface area contributed by atoms with Gasteiger partial charge in [0.15, 0.2) is 40.6 Å². The summed E-state index contributed by atoms with van der Waals surface area (Å²) < 4.78 is 31.6. The molecule has 1 aliphatic rings. The Kier molecular flexibility index (Phi) is 12.7. The topological polar surface area (TPSA) is 262 Å². The number of aromatic hydroxyl groups is 6. The van der Waals surface area contributed by atoms with E-state index in [1.165, 1.54) is 42.5 Å². The van der Waals surface area contributed by atoms with E-state index in [2.05, 4.69) is 4.74 Å². The first-order valence-corrected chi connectivity index (χ1v) is 15.7. The van der Waals surface area contributed by atoms with Crippen LogP contribution in [0.2, 0.25) is 0 Å². The third-order valence-electron chi connectivity index (χ3n) is 7.82. The van der Waals surface area contributed by atoms with Crippen molar-refractivity contribution in [3.8, 4) is 34.5 Å². The van der Waals surface area contributed by atoms with Gasteiger partial charge in [-0.1, -0.05) is 18.2 Å². The molecule has 4 rings (SSSR count). The van der Waals surface area contributed by atoms with Gasteiger partial charge in [0.1, 0.15) is 12.2 Å². The molecule has 3 aromatic carbocycles. The van der Waals surface area contributed by atoms with Crippen LogP contribution in [0, 0.1) is 0 Å². The van der Waals surface area contributed by atoms with E-state index in [0.717, 1.165) is 62.8 Å². The lowest BCUT2D eigenvalue weighted by molar-refractivity contribution is -0.214. The van der Waals surface area contributed by atoms with Gasteiger partial charge in [-0.25, -0.2) is 24.0 Å². The maximum Gasteiger partial charge on any atom is 0.509 e. The molecule has 0 unspecified atom stereocenters. The Morgan fingerprint density at radius 3 is 1.26 bits per heavy atom. The number of benzene rings is 3. The van der Waals surface area contributed by atoms with Crippen LogP contribution in [-0.4, -0.2) is 98.8 Å². The van der Waals surface area contributed by atoms with Gasteiger partial charge in [0, 0.05) is 31.1 Å². The highest BCUT2D eigenvalue weighted by molar-refractivity contribution is 5.90. The van der Waals surface area contributed by atoms with Crippen LogP contribution in [0.4, 0.5) is 4.79 Å². The molecule has 1 aliphatic carbocycles. The van der Waals surface area contributed by atoms with Crippen molar-refractivity contribution in [1.29, 1.82) is 0 Å². The standard InChI is InChI=1S/C37H34O17/c1-49-35(47)37(54-36(48)50-2)18-29(51-31(44)12-6-20-3-9-23(38)26(41)15-20)34(53-33(46)14-8-22-5-11-25(40)28(43)17-22)30(19-37)52-32(45)13-7-21-4-10-24(39)27(42)16-21/h3-17,29-30,34,38-43H,18-19H2,1-2H3/b12-6+,13-7+,14-8+/t29-,30-,34?,37?/m1/s1. The van der Waals surface area contributed by atoms with Gasteiger partial charge in [-0.05, 0) is 71.3 Å². The fraction of sp³-hybridized carbons (Fsp3) is 0.216. The second-order valence-corrected chi connectivity index (χ2v) is 11.5. The summed E-state index contributed by atoms with van der Waals surface area (Å²) in [7, 11) is 1.92. The van der Waals surface area contributed by atoms with Crippen molar-refractivity contribution >= 4 is 48.3 Å². The summed E-state index contributed by atoms with van der Waals surface area (Å²) in [5.74, 6) is -7.20. The molecule has 0 aliphatic heterocycles. The fourth-order valence-electron chi connectivity index (χ4n) is 5.23. The summed E-state index contributed by atoms with van der Waals surface area (Å²) in [5.41, 5.74) is -1.60. The van der Waals surface area contributed by atoms with Crippen LogP contribution >= 0.6 is 0 Å². The summed E-state index contributed by atoms with van der Waals surface area (Å²) in [6, 6.07) is 11.0. The van der Waals surface area contributed by atoms with Crippen molar-refractivity contribution in [2.75, 3.05) is 14.2 Å². The number of esters is 4. The van der Waals surface area contributed by atoms with Gasteiger partial charge < -0.3 is 59.1 Å². The zero-order valence-corrected chi connectivity index (χ0v) is 28.5. The largest absolute Gasteiger partial charge is 0.509 e. The van der Waals surface area contributed by atoms with Crippen LogP contribution in [0.15, 0.2) is 72.8 Å². The molecule has 17 nitrogen and oxygen atoms in total. The Balaban J connectivity index is 1.73. The molecule has 0 radical (unpaired) electrons. The average molecular weight is 751 g/mol. The highest BCUT2D eigenvalue weighted by Crippen LogP contribution is 2.39. The molecule has 0 amide bonds. The molecule has 0 heterocycles. The average Bonchev–Trinajstić information content (AvgIpc) is 3.14. The lowest BCUT2D eigenvalue weighted by atomic mass is 9.79. The van der Waals surface area contributed by atoms with E-state index in [9.17, 15) is 54.6 Å². The zero-order chi connectivity index (χ0) is 39.6. The van der Waals surface area contributed by atoms with Gasteiger partial charge in [0.2, 0.25) is 5.60 Å². The van der Waals surface area contributed by atoms with E-state index in [1.54, 1.807) is 0 Å². The molecule has 284 valence electrons. The van der Waals surface area contributed by atoms with Gasteiger partial charge in [-0.15, -0.1) is 0 Å².